The van der Waals surface area contributed by atoms with Crippen LogP contribution < -0.4 is 10.6 Å². The summed E-state index contributed by atoms with van der Waals surface area (Å²) in [5.74, 6) is -1.15. The second kappa shape index (κ2) is 6.60. The molecule has 0 aliphatic carbocycles. The lowest BCUT2D eigenvalue weighted by Gasteiger charge is -2.09. The number of nitrogens with one attached hydrogen (secondary N) is 2. The van der Waals surface area contributed by atoms with E-state index >= 15 is 0 Å². The van der Waals surface area contributed by atoms with Gasteiger partial charge in [0.05, 0.1) is 17.1 Å². The summed E-state index contributed by atoms with van der Waals surface area (Å²) in [6, 6.07) is 4.09. The highest BCUT2D eigenvalue weighted by Gasteiger charge is 2.28. The first-order valence-corrected chi connectivity index (χ1v) is 5.99. The highest BCUT2D eigenvalue weighted by atomic mass is 35.5. The molecule has 0 radical (unpaired) electrons. The van der Waals surface area contributed by atoms with Crippen LogP contribution in [-0.4, -0.2) is 25.0 Å². The van der Waals surface area contributed by atoms with Crippen molar-refractivity contribution in [3.8, 4) is 0 Å². The zero-order valence-electron chi connectivity index (χ0n) is 10.5. The topological polar surface area (TPSA) is 58.2 Å². The number of carbonyl (C=O) groups is 2. The van der Waals surface area contributed by atoms with Gasteiger partial charge in [0.2, 0.25) is 5.91 Å². The molecule has 0 fully saturated rings. The van der Waals surface area contributed by atoms with E-state index in [1.165, 1.54) is 25.2 Å². The van der Waals surface area contributed by atoms with Crippen LogP contribution in [0.2, 0.25) is 5.02 Å². The normalized spacial score (nSPS) is 11.1. The van der Waals surface area contributed by atoms with Gasteiger partial charge in [-0.15, -0.1) is 0 Å². The number of carbonyl (C=O) groups excluding carboxylic acids is 2. The molecule has 0 aromatic heterocycles. The van der Waals surface area contributed by atoms with Crippen molar-refractivity contribution < 1.29 is 22.8 Å². The molecule has 0 unspecified atom stereocenters. The Bertz CT molecular complexity index is 518. The SMILES string of the molecule is CNC(=O)c1ccc(NC(=O)CCC(F)(F)F)c(Cl)c1. The van der Waals surface area contributed by atoms with Crippen molar-refractivity contribution in [1.82, 2.24) is 5.32 Å². The maximum absolute atomic E-state index is 12.0. The van der Waals surface area contributed by atoms with Crippen LogP contribution in [0.25, 0.3) is 0 Å². The summed E-state index contributed by atoms with van der Waals surface area (Å²) in [5.41, 5.74) is 0.442. The third-order valence-electron chi connectivity index (χ3n) is 2.37. The molecule has 4 nitrogen and oxygen atoms in total. The van der Waals surface area contributed by atoms with E-state index in [-0.39, 0.29) is 22.2 Å². The van der Waals surface area contributed by atoms with Gasteiger partial charge >= 0.3 is 6.18 Å². The molecule has 0 saturated heterocycles. The summed E-state index contributed by atoms with van der Waals surface area (Å²) in [6.07, 6.45) is -6.27. The molecule has 2 N–H and O–H groups in total. The minimum absolute atomic E-state index is 0.0754. The number of alkyl halides is 3. The number of amides is 2. The highest BCUT2D eigenvalue weighted by molar-refractivity contribution is 6.34. The summed E-state index contributed by atoms with van der Waals surface area (Å²) in [6.45, 7) is 0. The fourth-order valence-corrected chi connectivity index (χ4v) is 1.60. The van der Waals surface area contributed by atoms with Crippen molar-refractivity contribution in [2.75, 3.05) is 12.4 Å². The molecule has 1 aromatic carbocycles. The predicted octanol–water partition coefficient (Wildman–Crippen LogP) is 2.98. The van der Waals surface area contributed by atoms with Gasteiger partial charge in [-0.1, -0.05) is 11.6 Å². The smallest absolute Gasteiger partial charge is 0.355 e. The van der Waals surface area contributed by atoms with Gasteiger partial charge in [0.25, 0.3) is 5.91 Å². The van der Waals surface area contributed by atoms with Gasteiger partial charge in [-0.05, 0) is 18.2 Å². The number of benzene rings is 1. The first-order chi connectivity index (χ1) is 9.23. The Morgan fingerprint density at radius 1 is 1.30 bits per heavy atom. The zero-order valence-corrected chi connectivity index (χ0v) is 11.2. The Morgan fingerprint density at radius 3 is 2.45 bits per heavy atom. The maximum Gasteiger partial charge on any atom is 0.389 e. The summed E-state index contributed by atoms with van der Waals surface area (Å²) >= 11 is 5.85. The first-order valence-electron chi connectivity index (χ1n) is 5.61. The Balaban J connectivity index is 2.69. The van der Waals surface area contributed by atoms with Crippen LogP contribution in [0, 0.1) is 0 Å². The number of hydrogen-bond donors (Lipinski definition) is 2. The molecular formula is C12H12ClF3N2O2. The summed E-state index contributed by atoms with van der Waals surface area (Å²) in [5, 5.41) is 4.74. The largest absolute Gasteiger partial charge is 0.389 e. The van der Waals surface area contributed by atoms with Crippen molar-refractivity contribution in [2.24, 2.45) is 0 Å². The molecular weight excluding hydrogens is 297 g/mol. The molecule has 0 spiro atoms. The van der Waals surface area contributed by atoms with Crippen molar-refractivity contribution >= 4 is 29.1 Å². The van der Waals surface area contributed by atoms with Crippen molar-refractivity contribution in [2.45, 2.75) is 19.0 Å². The third kappa shape index (κ3) is 5.08. The molecule has 1 aromatic rings. The molecule has 110 valence electrons. The van der Waals surface area contributed by atoms with Gasteiger partial charge in [0.1, 0.15) is 0 Å². The average molecular weight is 309 g/mol. The van der Waals surface area contributed by atoms with Gasteiger partial charge < -0.3 is 10.6 Å². The number of hydrogen-bond acceptors (Lipinski definition) is 2. The quantitative estimate of drug-likeness (QED) is 0.898. The lowest BCUT2D eigenvalue weighted by atomic mass is 10.2. The standard InChI is InChI=1S/C12H12ClF3N2O2/c1-17-11(20)7-2-3-9(8(13)6-7)18-10(19)4-5-12(14,15)16/h2-3,6H,4-5H2,1H3,(H,17,20)(H,18,19). The minimum atomic E-state index is -4.38. The van der Waals surface area contributed by atoms with Gasteiger partial charge in [-0.3, -0.25) is 9.59 Å². The van der Waals surface area contributed by atoms with E-state index in [0.29, 0.717) is 0 Å². The van der Waals surface area contributed by atoms with Crippen LogP contribution in [0.4, 0.5) is 18.9 Å². The van der Waals surface area contributed by atoms with E-state index < -0.39 is 24.9 Å². The molecule has 1 rings (SSSR count). The molecule has 2 amide bonds. The molecule has 20 heavy (non-hydrogen) atoms. The number of anilines is 1. The maximum atomic E-state index is 12.0. The Morgan fingerprint density at radius 2 is 1.95 bits per heavy atom. The Kier molecular flexibility index (Phi) is 5.38. The van der Waals surface area contributed by atoms with Crippen LogP contribution in [0.3, 0.4) is 0 Å². The average Bonchev–Trinajstić information content (AvgIpc) is 2.37. The van der Waals surface area contributed by atoms with Crippen molar-refractivity contribution in [3.05, 3.63) is 28.8 Å². The van der Waals surface area contributed by atoms with Gasteiger partial charge in [0.15, 0.2) is 0 Å². The van der Waals surface area contributed by atoms with Crippen LogP contribution in [0.15, 0.2) is 18.2 Å². The van der Waals surface area contributed by atoms with E-state index in [0.717, 1.165) is 0 Å². The van der Waals surface area contributed by atoms with E-state index in [4.69, 9.17) is 11.6 Å². The first kappa shape index (κ1) is 16.3. The number of rotatable bonds is 4. The Hall–Kier alpha value is -1.76. The highest BCUT2D eigenvalue weighted by Crippen LogP contribution is 2.25. The van der Waals surface area contributed by atoms with Gasteiger partial charge in [-0.25, -0.2) is 0 Å². The van der Waals surface area contributed by atoms with Crippen LogP contribution in [-0.2, 0) is 4.79 Å². The number of halogens is 4. The fourth-order valence-electron chi connectivity index (χ4n) is 1.37. The molecule has 8 heteroatoms. The summed E-state index contributed by atoms with van der Waals surface area (Å²) in [4.78, 5) is 22.7. The molecule has 0 atom stereocenters. The second-order valence-corrected chi connectivity index (χ2v) is 4.34. The molecule has 0 heterocycles. The van der Waals surface area contributed by atoms with Crippen LogP contribution in [0.5, 0.6) is 0 Å². The summed E-state index contributed by atoms with van der Waals surface area (Å²) in [7, 11) is 1.45. The molecule has 0 aliphatic rings. The molecule has 0 aliphatic heterocycles. The van der Waals surface area contributed by atoms with E-state index in [1.54, 1.807) is 0 Å². The Labute approximate surface area is 118 Å². The van der Waals surface area contributed by atoms with E-state index in [9.17, 15) is 22.8 Å². The monoisotopic (exact) mass is 308 g/mol. The molecule has 0 saturated carbocycles. The lowest BCUT2D eigenvalue weighted by Crippen LogP contribution is -2.18. The minimum Gasteiger partial charge on any atom is -0.355 e. The fraction of sp³-hybridized carbons (Fsp3) is 0.333. The predicted molar refractivity (Wildman–Crippen MR) is 68.8 cm³/mol. The van der Waals surface area contributed by atoms with Gasteiger partial charge in [-0.2, -0.15) is 13.2 Å². The summed E-state index contributed by atoms with van der Waals surface area (Å²) < 4.78 is 35.9. The van der Waals surface area contributed by atoms with Gasteiger partial charge in [0, 0.05) is 19.0 Å². The van der Waals surface area contributed by atoms with E-state index in [2.05, 4.69) is 10.6 Å². The lowest BCUT2D eigenvalue weighted by molar-refractivity contribution is -0.142. The van der Waals surface area contributed by atoms with Crippen molar-refractivity contribution in [3.63, 3.8) is 0 Å². The van der Waals surface area contributed by atoms with Crippen LogP contribution in [0.1, 0.15) is 23.2 Å². The second-order valence-electron chi connectivity index (χ2n) is 3.94. The van der Waals surface area contributed by atoms with Crippen LogP contribution >= 0.6 is 11.6 Å². The third-order valence-corrected chi connectivity index (χ3v) is 2.68. The van der Waals surface area contributed by atoms with Crippen molar-refractivity contribution in [1.29, 1.82) is 0 Å². The molecule has 0 bridgehead atoms. The zero-order chi connectivity index (χ0) is 15.3. The van der Waals surface area contributed by atoms with E-state index in [1.807, 2.05) is 0 Å².